The fraction of sp³-hybridized carbons (Fsp3) is 0.500. The number of aliphatic hydroxyl groups excluding tert-OH is 2. The molecular formula is C12H13ClN6O3S. The van der Waals surface area contributed by atoms with E-state index in [9.17, 15) is 10.2 Å². The molecule has 9 nitrogen and oxygen atoms in total. The lowest BCUT2D eigenvalue weighted by Crippen LogP contribution is -2.47. The van der Waals surface area contributed by atoms with Gasteiger partial charge in [0.1, 0.15) is 17.7 Å². The molecule has 0 saturated carbocycles. The third-order valence-electron chi connectivity index (χ3n) is 3.93. The van der Waals surface area contributed by atoms with Crippen LogP contribution in [0.5, 0.6) is 0 Å². The van der Waals surface area contributed by atoms with Crippen molar-refractivity contribution in [2.45, 2.75) is 23.9 Å². The Morgan fingerprint density at radius 1 is 1.57 bits per heavy atom. The lowest BCUT2D eigenvalue weighted by atomic mass is 9.94. The zero-order chi connectivity index (χ0) is 16.6. The number of nitrogens with zero attached hydrogens (tertiary/aromatic N) is 5. The van der Waals surface area contributed by atoms with Gasteiger partial charge in [-0.3, -0.25) is 0 Å². The maximum atomic E-state index is 10.4. The number of nitrogens with two attached hydrogens (primary N) is 1. The van der Waals surface area contributed by atoms with E-state index in [1.165, 1.54) is 17.7 Å². The van der Waals surface area contributed by atoms with Gasteiger partial charge in [-0.15, -0.1) is 22.9 Å². The fourth-order valence-electron chi connectivity index (χ4n) is 2.67. The van der Waals surface area contributed by atoms with E-state index < -0.39 is 30.5 Å². The number of nitrogen functional groups attached to an aromatic ring is 1. The van der Waals surface area contributed by atoms with Gasteiger partial charge in [0.15, 0.2) is 0 Å². The summed E-state index contributed by atoms with van der Waals surface area (Å²) in [5.41, 5.74) is 14.4. The molecule has 0 aliphatic carbocycles. The molecule has 2 aromatic heterocycles. The van der Waals surface area contributed by atoms with Crippen LogP contribution < -0.4 is 5.73 Å². The number of ether oxygens (including phenoxy) is 1. The molecule has 4 atom stereocenters. The summed E-state index contributed by atoms with van der Waals surface area (Å²) in [6, 6.07) is -0.945. The average molecular weight is 357 g/mol. The molecule has 0 bridgehead atoms. The number of aliphatic hydroxyl groups is 2. The van der Waals surface area contributed by atoms with Gasteiger partial charge in [0.25, 0.3) is 0 Å². The third-order valence-corrected chi connectivity index (χ3v) is 5.39. The van der Waals surface area contributed by atoms with E-state index in [2.05, 4.69) is 20.0 Å². The minimum absolute atomic E-state index is 0.155. The van der Waals surface area contributed by atoms with Crippen LogP contribution in [-0.4, -0.2) is 50.4 Å². The normalized spacial score (nSPS) is 30.5. The Morgan fingerprint density at radius 2 is 2.35 bits per heavy atom. The van der Waals surface area contributed by atoms with Gasteiger partial charge in [-0.05, 0) is 10.9 Å². The lowest BCUT2D eigenvalue weighted by Gasteiger charge is -2.27. The highest BCUT2D eigenvalue weighted by Crippen LogP contribution is 2.45. The standard InChI is InChI=1S/C12H13ClN6O3S/c13-2-12(3-20)10(21)7(18-19-15)8(22-12)5-1-23-9-6(5)16-4-17-11(9)14/h1,4,7-8,10,20-21H,2-3H2,(H2,14,16,17)/t7-,8-,10-,12+/m0/s1. The van der Waals surface area contributed by atoms with E-state index in [0.717, 1.165) is 0 Å². The van der Waals surface area contributed by atoms with Crippen molar-refractivity contribution in [2.75, 3.05) is 18.2 Å². The minimum atomic E-state index is -1.40. The molecule has 0 aromatic carbocycles. The summed E-state index contributed by atoms with van der Waals surface area (Å²) in [7, 11) is 0. The second kappa shape index (κ2) is 6.08. The van der Waals surface area contributed by atoms with Crippen LogP contribution in [0.4, 0.5) is 5.82 Å². The number of hydrogen-bond donors (Lipinski definition) is 3. The zero-order valence-corrected chi connectivity index (χ0v) is 13.3. The average Bonchev–Trinajstić information content (AvgIpc) is 3.10. The summed E-state index contributed by atoms with van der Waals surface area (Å²) in [5, 5.41) is 25.4. The first kappa shape index (κ1) is 16.2. The van der Waals surface area contributed by atoms with Gasteiger partial charge in [0, 0.05) is 10.5 Å². The Kier molecular flexibility index (Phi) is 4.28. The Balaban J connectivity index is 2.12. The summed E-state index contributed by atoms with van der Waals surface area (Å²) in [4.78, 5) is 10.9. The molecule has 11 heteroatoms. The molecule has 3 rings (SSSR count). The molecule has 0 unspecified atom stereocenters. The van der Waals surface area contributed by atoms with Crippen molar-refractivity contribution in [3.05, 3.63) is 27.7 Å². The number of rotatable bonds is 4. The Hall–Kier alpha value is -1.68. The van der Waals surface area contributed by atoms with Crippen LogP contribution in [0, 0.1) is 0 Å². The van der Waals surface area contributed by atoms with Crippen molar-refractivity contribution in [3.8, 4) is 0 Å². The topological polar surface area (TPSA) is 150 Å². The largest absolute Gasteiger partial charge is 0.393 e. The second-order valence-corrected chi connectivity index (χ2v) is 6.31. The summed E-state index contributed by atoms with van der Waals surface area (Å²) >= 11 is 7.19. The number of thiophene rings is 1. The fourth-order valence-corrected chi connectivity index (χ4v) is 3.92. The van der Waals surface area contributed by atoms with Crippen molar-refractivity contribution < 1.29 is 14.9 Å². The van der Waals surface area contributed by atoms with Gasteiger partial charge >= 0.3 is 0 Å². The van der Waals surface area contributed by atoms with E-state index in [1.54, 1.807) is 5.38 Å². The summed E-state index contributed by atoms with van der Waals surface area (Å²) in [5.74, 6) is 0.175. The number of fused-ring (bicyclic) bond motifs is 1. The van der Waals surface area contributed by atoms with E-state index in [0.29, 0.717) is 21.6 Å². The predicted molar refractivity (Wildman–Crippen MR) is 85.1 cm³/mol. The first-order chi connectivity index (χ1) is 11.1. The summed E-state index contributed by atoms with van der Waals surface area (Å²) in [6.07, 6.45) is -0.724. The first-order valence-corrected chi connectivity index (χ1v) is 8.04. The van der Waals surface area contributed by atoms with Gasteiger partial charge in [-0.25, -0.2) is 9.97 Å². The van der Waals surface area contributed by atoms with Crippen molar-refractivity contribution in [2.24, 2.45) is 5.11 Å². The van der Waals surface area contributed by atoms with Crippen LogP contribution in [0.1, 0.15) is 11.7 Å². The number of anilines is 1. The van der Waals surface area contributed by atoms with Crippen LogP contribution in [-0.2, 0) is 4.74 Å². The SMILES string of the molecule is [N-]=[N+]=N[C@H]1[C@H](c2csc3c(N)ncnc23)O[C@@](CO)(CCl)[C@H]1O. The number of alkyl halides is 1. The number of hydrogen-bond acceptors (Lipinski definition) is 8. The van der Waals surface area contributed by atoms with Crippen molar-refractivity contribution >= 4 is 39.0 Å². The smallest absolute Gasteiger partial charge is 0.144 e. The quantitative estimate of drug-likeness (QED) is 0.325. The molecule has 1 aliphatic rings. The minimum Gasteiger partial charge on any atom is -0.393 e. The zero-order valence-electron chi connectivity index (χ0n) is 11.7. The Labute approximate surface area is 139 Å². The van der Waals surface area contributed by atoms with E-state index >= 15 is 0 Å². The number of azide groups is 1. The molecule has 122 valence electrons. The first-order valence-electron chi connectivity index (χ1n) is 6.62. The van der Waals surface area contributed by atoms with Crippen molar-refractivity contribution in [3.63, 3.8) is 0 Å². The molecule has 0 amide bonds. The lowest BCUT2D eigenvalue weighted by molar-refractivity contribution is -0.0965. The van der Waals surface area contributed by atoms with Crippen LogP contribution >= 0.6 is 22.9 Å². The molecule has 1 aliphatic heterocycles. The van der Waals surface area contributed by atoms with Crippen LogP contribution in [0.25, 0.3) is 20.7 Å². The van der Waals surface area contributed by atoms with Gasteiger partial charge < -0.3 is 20.7 Å². The van der Waals surface area contributed by atoms with Crippen LogP contribution in [0.15, 0.2) is 16.8 Å². The highest BCUT2D eigenvalue weighted by atomic mass is 35.5. The predicted octanol–water partition coefficient (Wildman–Crippen LogP) is 1.35. The highest BCUT2D eigenvalue weighted by molar-refractivity contribution is 7.17. The van der Waals surface area contributed by atoms with E-state index in [-0.39, 0.29) is 5.88 Å². The molecule has 23 heavy (non-hydrogen) atoms. The van der Waals surface area contributed by atoms with Gasteiger partial charge in [0.05, 0.1) is 41.0 Å². The molecule has 1 fully saturated rings. The van der Waals surface area contributed by atoms with Crippen LogP contribution in [0.3, 0.4) is 0 Å². The Morgan fingerprint density at radius 3 is 3.00 bits per heavy atom. The molecule has 1 saturated heterocycles. The monoisotopic (exact) mass is 356 g/mol. The molecular weight excluding hydrogens is 344 g/mol. The number of halogens is 1. The van der Waals surface area contributed by atoms with Crippen LogP contribution in [0.2, 0.25) is 0 Å². The molecule has 2 aromatic rings. The number of aromatic nitrogens is 2. The third kappa shape index (κ3) is 2.40. The van der Waals surface area contributed by atoms with E-state index in [1.807, 2.05) is 0 Å². The van der Waals surface area contributed by atoms with Gasteiger partial charge in [0.2, 0.25) is 0 Å². The van der Waals surface area contributed by atoms with Gasteiger partial charge in [-0.1, -0.05) is 5.11 Å². The maximum Gasteiger partial charge on any atom is 0.144 e. The molecule has 0 radical (unpaired) electrons. The van der Waals surface area contributed by atoms with Crippen molar-refractivity contribution in [1.82, 2.24) is 9.97 Å². The van der Waals surface area contributed by atoms with Gasteiger partial charge in [-0.2, -0.15) is 0 Å². The second-order valence-electron chi connectivity index (χ2n) is 5.16. The maximum absolute atomic E-state index is 10.4. The summed E-state index contributed by atoms with van der Waals surface area (Å²) < 4.78 is 6.50. The molecule has 4 N–H and O–H groups in total. The van der Waals surface area contributed by atoms with Crippen molar-refractivity contribution in [1.29, 1.82) is 0 Å². The Bertz CT molecular complexity index is 775. The molecule has 0 spiro atoms. The highest BCUT2D eigenvalue weighted by Gasteiger charge is 2.54. The van der Waals surface area contributed by atoms with E-state index in [4.69, 9.17) is 27.6 Å². The summed E-state index contributed by atoms with van der Waals surface area (Å²) in [6.45, 7) is -0.509. The molecule has 3 heterocycles.